The summed E-state index contributed by atoms with van der Waals surface area (Å²) in [4.78, 5) is 28.1. The van der Waals surface area contributed by atoms with Crippen LogP contribution in [-0.4, -0.2) is 16.1 Å². The fourth-order valence-corrected chi connectivity index (χ4v) is 4.28. The van der Waals surface area contributed by atoms with Gasteiger partial charge in [-0.15, -0.1) is 10.2 Å². The van der Waals surface area contributed by atoms with E-state index in [4.69, 9.17) is 4.42 Å². The van der Waals surface area contributed by atoms with E-state index in [1.807, 2.05) is 38.1 Å². The van der Waals surface area contributed by atoms with Gasteiger partial charge in [0.1, 0.15) is 10.6 Å². The maximum absolute atomic E-state index is 13.3. The van der Waals surface area contributed by atoms with Gasteiger partial charge in [0.25, 0.3) is 5.91 Å². The van der Waals surface area contributed by atoms with E-state index in [-0.39, 0.29) is 17.1 Å². The number of anilines is 1. The predicted molar refractivity (Wildman–Crippen MR) is 107 cm³/mol. The SMILES string of the molecule is Cc1ccc([C@@H]2c3c(oc4ccccc4c3=O)C(=O)N2c2nnc(C)s2)cc1. The van der Waals surface area contributed by atoms with Crippen molar-refractivity contribution in [2.24, 2.45) is 0 Å². The number of carbonyl (C=O) groups excluding carboxylic acids is 1. The Morgan fingerprint density at radius 2 is 1.75 bits per heavy atom. The van der Waals surface area contributed by atoms with Gasteiger partial charge in [0, 0.05) is 0 Å². The topological polar surface area (TPSA) is 76.3 Å². The maximum atomic E-state index is 13.3. The Morgan fingerprint density at radius 3 is 2.46 bits per heavy atom. The molecule has 3 heterocycles. The molecule has 6 nitrogen and oxygen atoms in total. The van der Waals surface area contributed by atoms with Gasteiger partial charge in [0.2, 0.25) is 10.9 Å². The van der Waals surface area contributed by atoms with Crippen LogP contribution in [-0.2, 0) is 0 Å². The predicted octanol–water partition coefficient (Wildman–Crippen LogP) is 4.01. The highest BCUT2D eigenvalue weighted by Crippen LogP contribution is 2.41. The van der Waals surface area contributed by atoms with Crippen LogP contribution >= 0.6 is 11.3 Å². The van der Waals surface area contributed by atoms with Crippen molar-refractivity contribution < 1.29 is 9.21 Å². The molecule has 0 spiro atoms. The van der Waals surface area contributed by atoms with Gasteiger partial charge in [-0.05, 0) is 31.5 Å². The summed E-state index contributed by atoms with van der Waals surface area (Å²) in [7, 11) is 0. The first-order chi connectivity index (χ1) is 13.5. The highest BCUT2D eigenvalue weighted by molar-refractivity contribution is 7.15. The van der Waals surface area contributed by atoms with Crippen molar-refractivity contribution in [1.82, 2.24) is 10.2 Å². The van der Waals surface area contributed by atoms with E-state index in [2.05, 4.69) is 10.2 Å². The Hall–Kier alpha value is -3.32. The molecule has 2 aromatic carbocycles. The molecule has 1 aliphatic rings. The number of fused-ring (bicyclic) bond motifs is 2. The van der Waals surface area contributed by atoms with E-state index in [1.54, 1.807) is 24.3 Å². The lowest BCUT2D eigenvalue weighted by Crippen LogP contribution is -2.29. The number of benzene rings is 2. The largest absolute Gasteiger partial charge is 0.450 e. The number of aromatic nitrogens is 2. The molecular weight excluding hydrogens is 374 g/mol. The van der Waals surface area contributed by atoms with Crippen LogP contribution in [0.1, 0.15) is 38.3 Å². The summed E-state index contributed by atoms with van der Waals surface area (Å²) in [5.41, 5.74) is 2.47. The standard InChI is InChI=1S/C21H15N3O3S/c1-11-7-9-13(10-8-11)17-16-18(25)14-5-3-4-6-15(14)27-19(16)20(26)24(17)21-23-22-12(2)28-21/h3-10,17H,1-2H3/t17-/m1/s1. The molecular formula is C21H15N3O3S. The first-order valence-electron chi connectivity index (χ1n) is 8.80. The average Bonchev–Trinajstić information content (AvgIpc) is 3.24. The van der Waals surface area contributed by atoms with E-state index in [0.29, 0.717) is 21.7 Å². The number of amides is 1. The molecule has 5 rings (SSSR count). The molecule has 0 aliphatic carbocycles. The van der Waals surface area contributed by atoms with Crippen molar-refractivity contribution >= 4 is 33.3 Å². The second-order valence-corrected chi connectivity index (χ2v) is 7.92. The molecule has 1 atom stereocenters. The summed E-state index contributed by atoms with van der Waals surface area (Å²) in [5.74, 6) is -0.304. The Kier molecular flexibility index (Phi) is 3.67. The molecule has 0 saturated heterocycles. The lowest BCUT2D eigenvalue weighted by molar-refractivity contribution is 0.0970. The van der Waals surface area contributed by atoms with Crippen LogP contribution < -0.4 is 10.3 Å². The van der Waals surface area contributed by atoms with Crippen LogP contribution in [0.3, 0.4) is 0 Å². The van der Waals surface area contributed by atoms with Crippen molar-refractivity contribution in [3.8, 4) is 0 Å². The second kappa shape index (κ2) is 6.10. The number of para-hydroxylation sites is 1. The normalized spacial score (nSPS) is 16.0. The van der Waals surface area contributed by atoms with E-state index >= 15 is 0 Å². The van der Waals surface area contributed by atoms with Gasteiger partial charge >= 0.3 is 0 Å². The van der Waals surface area contributed by atoms with Gasteiger partial charge in [-0.3, -0.25) is 14.5 Å². The zero-order chi connectivity index (χ0) is 19.4. The van der Waals surface area contributed by atoms with Crippen LogP contribution in [0.4, 0.5) is 5.13 Å². The first-order valence-corrected chi connectivity index (χ1v) is 9.62. The molecule has 7 heteroatoms. The van der Waals surface area contributed by atoms with Crippen molar-refractivity contribution in [1.29, 1.82) is 0 Å². The van der Waals surface area contributed by atoms with Crippen LogP contribution in [0.25, 0.3) is 11.0 Å². The van der Waals surface area contributed by atoms with Crippen molar-refractivity contribution in [3.63, 3.8) is 0 Å². The van der Waals surface area contributed by atoms with E-state index in [9.17, 15) is 9.59 Å². The minimum absolute atomic E-state index is 0.0714. The number of rotatable bonds is 2. The lowest BCUT2D eigenvalue weighted by atomic mass is 9.98. The van der Waals surface area contributed by atoms with E-state index < -0.39 is 6.04 Å². The Bertz CT molecular complexity index is 1290. The molecule has 1 amide bonds. The molecule has 4 aromatic rings. The third-order valence-corrected chi connectivity index (χ3v) is 5.73. The summed E-state index contributed by atoms with van der Waals surface area (Å²) in [6, 6.07) is 14.2. The Balaban J connectivity index is 1.82. The van der Waals surface area contributed by atoms with Crippen molar-refractivity contribution in [3.05, 3.63) is 86.2 Å². The monoisotopic (exact) mass is 389 g/mol. The fourth-order valence-electron chi connectivity index (χ4n) is 3.56. The van der Waals surface area contributed by atoms with Gasteiger partial charge in [-0.2, -0.15) is 0 Å². The fraction of sp³-hybridized carbons (Fsp3) is 0.143. The molecule has 0 bridgehead atoms. The highest BCUT2D eigenvalue weighted by atomic mass is 32.1. The van der Waals surface area contributed by atoms with Gasteiger partial charge < -0.3 is 4.42 Å². The summed E-state index contributed by atoms with van der Waals surface area (Å²) >= 11 is 1.31. The molecule has 0 saturated carbocycles. The molecule has 0 fully saturated rings. The molecule has 0 unspecified atom stereocenters. The second-order valence-electron chi connectivity index (χ2n) is 6.76. The quantitative estimate of drug-likeness (QED) is 0.518. The molecule has 2 aromatic heterocycles. The number of carbonyl (C=O) groups is 1. The zero-order valence-corrected chi connectivity index (χ0v) is 16.0. The summed E-state index contributed by atoms with van der Waals surface area (Å²) in [6.07, 6.45) is 0. The summed E-state index contributed by atoms with van der Waals surface area (Å²) in [6.45, 7) is 3.82. The van der Waals surface area contributed by atoms with Gasteiger partial charge in [-0.1, -0.05) is 53.3 Å². The third kappa shape index (κ3) is 2.40. The lowest BCUT2D eigenvalue weighted by Gasteiger charge is -2.22. The highest BCUT2D eigenvalue weighted by Gasteiger charge is 2.45. The van der Waals surface area contributed by atoms with Crippen LogP contribution in [0.5, 0.6) is 0 Å². The minimum atomic E-state index is -0.601. The van der Waals surface area contributed by atoms with Gasteiger partial charge in [0.05, 0.1) is 17.0 Å². The summed E-state index contributed by atoms with van der Waals surface area (Å²) in [5, 5.41) is 9.85. The van der Waals surface area contributed by atoms with Crippen LogP contribution in [0, 0.1) is 13.8 Å². The minimum Gasteiger partial charge on any atom is -0.450 e. The molecule has 28 heavy (non-hydrogen) atoms. The number of hydrogen-bond acceptors (Lipinski definition) is 6. The Morgan fingerprint density at radius 1 is 1.00 bits per heavy atom. The summed E-state index contributed by atoms with van der Waals surface area (Å²) < 4.78 is 5.90. The number of hydrogen-bond donors (Lipinski definition) is 0. The first kappa shape index (κ1) is 16.8. The molecule has 0 N–H and O–H groups in total. The molecule has 1 aliphatic heterocycles. The van der Waals surface area contributed by atoms with Crippen LogP contribution in [0.2, 0.25) is 0 Å². The van der Waals surface area contributed by atoms with Crippen molar-refractivity contribution in [2.45, 2.75) is 19.9 Å². The van der Waals surface area contributed by atoms with E-state index in [0.717, 1.165) is 16.1 Å². The molecule has 138 valence electrons. The third-order valence-electron chi connectivity index (χ3n) is 4.89. The van der Waals surface area contributed by atoms with Crippen molar-refractivity contribution in [2.75, 3.05) is 4.90 Å². The number of aryl methyl sites for hydroxylation is 2. The molecule has 0 radical (unpaired) electrons. The smallest absolute Gasteiger partial charge is 0.297 e. The maximum Gasteiger partial charge on any atom is 0.297 e. The van der Waals surface area contributed by atoms with Gasteiger partial charge in [0.15, 0.2) is 5.43 Å². The number of nitrogens with zero attached hydrogens (tertiary/aromatic N) is 3. The average molecular weight is 389 g/mol. The van der Waals surface area contributed by atoms with E-state index in [1.165, 1.54) is 16.2 Å². The Labute approximate surface area is 164 Å². The van der Waals surface area contributed by atoms with Gasteiger partial charge in [-0.25, -0.2) is 0 Å². The van der Waals surface area contributed by atoms with Crippen LogP contribution in [0.15, 0.2) is 57.7 Å². The zero-order valence-electron chi connectivity index (χ0n) is 15.2.